The van der Waals surface area contributed by atoms with Gasteiger partial charge in [-0.25, -0.2) is 0 Å². The maximum Gasteiger partial charge on any atom is 0.320 e. The predicted octanol–water partition coefficient (Wildman–Crippen LogP) is 2.20. The van der Waals surface area contributed by atoms with Gasteiger partial charge in [0.25, 0.3) is 0 Å². The fourth-order valence-corrected chi connectivity index (χ4v) is 2.01. The number of ketones is 1. The van der Waals surface area contributed by atoms with Gasteiger partial charge in [-0.1, -0.05) is 15.9 Å². The fraction of sp³-hybridized carbons (Fsp3) is 0.333. The molecule has 0 bridgehead atoms. The summed E-state index contributed by atoms with van der Waals surface area (Å²) in [6, 6.07) is 5.11. The molecule has 1 heterocycles. The third-order valence-corrected chi connectivity index (χ3v) is 3.00. The van der Waals surface area contributed by atoms with Gasteiger partial charge in [-0.05, 0) is 25.1 Å². The molecule has 1 aliphatic rings. The van der Waals surface area contributed by atoms with Crippen LogP contribution in [0, 0.1) is 5.92 Å². The fourth-order valence-electron chi connectivity index (χ4n) is 1.67. The first-order chi connectivity index (χ1) is 8.13. The van der Waals surface area contributed by atoms with Crippen LogP contribution < -0.4 is 4.74 Å². The standard InChI is InChI=1S/C12H11BrO4/c1-2-16-12(15)9-6-17-10-5-7(13)3-4-8(10)11(9)14/h3-5,9H,2,6H2,1H3. The van der Waals surface area contributed by atoms with Crippen LogP contribution >= 0.6 is 15.9 Å². The van der Waals surface area contributed by atoms with Crippen LogP contribution in [0.15, 0.2) is 22.7 Å². The molecule has 1 unspecified atom stereocenters. The lowest BCUT2D eigenvalue weighted by Crippen LogP contribution is -2.35. The van der Waals surface area contributed by atoms with Crippen LogP contribution in [0.5, 0.6) is 5.75 Å². The first-order valence-electron chi connectivity index (χ1n) is 5.26. The molecule has 2 rings (SSSR count). The third-order valence-electron chi connectivity index (χ3n) is 2.50. The second-order valence-electron chi connectivity index (χ2n) is 3.62. The highest BCUT2D eigenvalue weighted by molar-refractivity contribution is 9.10. The molecule has 0 radical (unpaired) electrons. The lowest BCUT2D eigenvalue weighted by Gasteiger charge is -2.22. The molecular weight excluding hydrogens is 288 g/mol. The lowest BCUT2D eigenvalue weighted by molar-refractivity contribution is -0.147. The molecule has 0 spiro atoms. The van der Waals surface area contributed by atoms with E-state index in [-0.39, 0.29) is 19.0 Å². The molecule has 0 fully saturated rings. The Bertz CT molecular complexity index is 470. The molecule has 0 saturated heterocycles. The van der Waals surface area contributed by atoms with Gasteiger partial charge in [0.2, 0.25) is 0 Å². The van der Waals surface area contributed by atoms with Gasteiger partial charge in [0.05, 0.1) is 12.2 Å². The van der Waals surface area contributed by atoms with Crippen LogP contribution in [0.2, 0.25) is 0 Å². The van der Waals surface area contributed by atoms with Gasteiger partial charge in [0.1, 0.15) is 12.4 Å². The molecule has 0 aromatic heterocycles. The van der Waals surface area contributed by atoms with Crippen LogP contribution in [0.1, 0.15) is 17.3 Å². The molecule has 0 saturated carbocycles. The zero-order valence-electron chi connectivity index (χ0n) is 9.23. The molecule has 0 amide bonds. The Kier molecular flexibility index (Phi) is 3.47. The van der Waals surface area contributed by atoms with Crippen molar-refractivity contribution in [1.82, 2.24) is 0 Å². The number of fused-ring (bicyclic) bond motifs is 1. The maximum atomic E-state index is 12.0. The highest BCUT2D eigenvalue weighted by Gasteiger charge is 2.35. The number of esters is 1. The number of Topliss-reactive ketones (excluding diaryl/α,β-unsaturated/α-hetero) is 1. The van der Waals surface area contributed by atoms with Crippen molar-refractivity contribution in [2.24, 2.45) is 5.92 Å². The second kappa shape index (κ2) is 4.87. The van der Waals surface area contributed by atoms with Crippen molar-refractivity contribution in [3.63, 3.8) is 0 Å². The van der Waals surface area contributed by atoms with Crippen molar-refractivity contribution in [2.75, 3.05) is 13.2 Å². The van der Waals surface area contributed by atoms with Crippen molar-refractivity contribution in [3.05, 3.63) is 28.2 Å². The number of rotatable bonds is 2. The summed E-state index contributed by atoms with van der Waals surface area (Å²) in [6.07, 6.45) is 0. The highest BCUT2D eigenvalue weighted by atomic mass is 79.9. The van der Waals surface area contributed by atoms with Gasteiger partial charge in [0, 0.05) is 4.47 Å². The number of carbonyl (C=O) groups excluding carboxylic acids is 2. The number of hydrogen-bond donors (Lipinski definition) is 0. The minimum atomic E-state index is -0.844. The molecule has 4 nitrogen and oxygen atoms in total. The molecule has 5 heteroatoms. The van der Waals surface area contributed by atoms with Crippen LogP contribution in [-0.2, 0) is 9.53 Å². The topological polar surface area (TPSA) is 52.6 Å². The molecular formula is C12H11BrO4. The molecule has 17 heavy (non-hydrogen) atoms. The Hall–Kier alpha value is -1.36. The molecule has 0 aliphatic carbocycles. The van der Waals surface area contributed by atoms with Crippen molar-refractivity contribution >= 4 is 27.7 Å². The highest BCUT2D eigenvalue weighted by Crippen LogP contribution is 2.30. The monoisotopic (exact) mass is 298 g/mol. The quantitative estimate of drug-likeness (QED) is 0.620. The largest absolute Gasteiger partial charge is 0.491 e. The predicted molar refractivity (Wildman–Crippen MR) is 64.1 cm³/mol. The van der Waals surface area contributed by atoms with E-state index < -0.39 is 11.9 Å². The molecule has 0 N–H and O–H groups in total. The number of carbonyl (C=O) groups is 2. The molecule has 1 aromatic rings. The summed E-state index contributed by atoms with van der Waals surface area (Å²) in [4.78, 5) is 23.6. The van der Waals surface area contributed by atoms with Crippen molar-refractivity contribution in [3.8, 4) is 5.75 Å². The van der Waals surface area contributed by atoms with E-state index in [4.69, 9.17) is 9.47 Å². The van der Waals surface area contributed by atoms with Crippen LogP contribution in [0.3, 0.4) is 0 Å². The average Bonchev–Trinajstić information content (AvgIpc) is 2.29. The summed E-state index contributed by atoms with van der Waals surface area (Å²) in [5, 5.41) is 0. The minimum Gasteiger partial charge on any atom is -0.491 e. The SMILES string of the molecule is CCOC(=O)C1COc2cc(Br)ccc2C1=O. The van der Waals surface area contributed by atoms with Crippen LogP contribution in [0.25, 0.3) is 0 Å². The first-order valence-corrected chi connectivity index (χ1v) is 6.06. The Morgan fingerprint density at radius 2 is 2.35 bits per heavy atom. The summed E-state index contributed by atoms with van der Waals surface area (Å²) >= 11 is 3.30. The van der Waals surface area contributed by atoms with Gasteiger partial charge >= 0.3 is 5.97 Å². The summed E-state index contributed by atoms with van der Waals surface area (Å²) in [6.45, 7) is 2.01. The number of ether oxygens (including phenoxy) is 2. The second-order valence-corrected chi connectivity index (χ2v) is 4.54. The maximum absolute atomic E-state index is 12.0. The Morgan fingerprint density at radius 3 is 3.06 bits per heavy atom. The van der Waals surface area contributed by atoms with Gasteiger partial charge in [-0.3, -0.25) is 9.59 Å². The van der Waals surface area contributed by atoms with E-state index in [9.17, 15) is 9.59 Å². The van der Waals surface area contributed by atoms with Crippen molar-refractivity contribution < 1.29 is 19.1 Å². The lowest BCUT2D eigenvalue weighted by atomic mass is 9.95. The van der Waals surface area contributed by atoms with Gasteiger partial charge in [-0.15, -0.1) is 0 Å². The Morgan fingerprint density at radius 1 is 1.59 bits per heavy atom. The van der Waals surface area contributed by atoms with E-state index in [1.807, 2.05) is 0 Å². The summed E-state index contributed by atoms with van der Waals surface area (Å²) < 4.78 is 11.1. The Labute approximate surface area is 107 Å². The first kappa shape index (κ1) is 12.1. The number of halogens is 1. The third kappa shape index (κ3) is 2.34. The zero-order valence-corrected chi connectivity index (χ0v) is 10.8. The molecule has 1 aliphatic heterocycles. The Balaban J connectivity index is 2.27. The van der Waals surface area contributed by atoms with Gasteiger partial charge < -0.3 is 9.47 Å². The number of benzene rings is 1. The van der Waals surface area contributed by atoms with Gasteiger partial charge in [0.15, 0.2) is 11.7 Å². The summed E-state index contributed by atoms with van der Waals surface area (Å²) in [5.41, 5.74) is 0.428. The summed E-state index contributed by atoms with van der Waals surface area (Å²) in [7, 11) is 0. The summed E-state index contributed by atoms with van der Waals surface area (Å²) in [5.74, 6) is -1.10. The zero-order chi connectivity index (χ0) is 12.4. The van der Waals surface area contributed by atoms with Crippen molar-refractivity contribution in [2.45, 2.75) is 6.92 Å². The van der Waals surface area contributed by atoms with Crippen LogP contribution in [0.4, 0.5) is 0 Å². The molecule has 90 valence electrons. The minimum absolute atomic E-state index is 0.0428. The normalized spacial score (nSPS) is 18.2. The van der Waals surface area contributed by atoms with E-state index >= 15 is 0 Å². The van der Waals surface area contributed by atoms with E-state index in [1.54, 1.807) is 25.1 Å². The van der Waals surface area contributed by atoms with Crippen molar-refractivity contribution in [1.29, 1.82) is 0 Å². The van der Waals surface area contributed by atoms with E-state index in [0.29, 0.717) is 11.3 Å². The molecule has 1 aromatic carbocycles. The number of hydrogen-bond acceptors (Lipinski definition) is 4. The molecule has 1 atom stereocenters. The van der Waals surface area contributed by atoms with E-state index in [1.165, 1.54) is 0 Å². The smallest absolute Gasteiger partial charge is 0.320 e. The van der Waals surface area contributed by atoms with E-state index in [2.05, 4.69) is 15.9 Å². The van der Waals surface area contributed by atoms with Crippen LogP contribution in [-0.4, -0.2) is 25.0 Å². The average molecular weight is 299 g/mol. The van der Waals surface area contributed by atoms with E-state index in [0.717, 1.165) is 4.47 Å². The van der Waals surface area contributed by atoms with Gasteiger partial charge in [-0.2, -0.15) is 0 Å².